The molecule has 0 amide bonds. The molecule has 0 unspecified atom stereocenters. The molecule has 0 fully saturated rings. The molecule has 0 radical (unpaired) electrons. The van der Waals surface area contributed by atoms with Crippen molar-refractivity contribution in [1.82, 2.24) is 4.98 Å². The fourth-order valence-corrected chi connectivity index (χ4v) is 4.81. The van der Waals surface area contributed by atoms with Gasteiger partial charge in [0.05, 0.1) is 23.6 Å². The number of anilines is 1. The van der Waals surface area contributed by atoms with E-state index in [4.69, 9.17) is 9.72 Å². The lowest BCUT2D eigenvalue weighted by atomic mass is 9.99. The number of Topliss-reactive ketones (excluding diaryl/α,β-unsaturated/α-hetero) is 1. The van der Waals surface area contributed by atoms with E-state index in [1.807, 2.05) is 67.6 Å². The zero-order chi connectivity index (χ0) is 26.9. The van der Waals surface area contributed by atoms with E-state index in [-0.39, 0.29) is 18.1 Å². The highest BCUT2D eigenvalue weighted by atomic mass is 32.2. The zero-order valence-electron chi connectivity index (χ0n) is 21.2. The van der Waals surface area contributed by atoms with Crippen molar-refractivity contribution < 1.29 is 14.3 Å². The van der Waals surface area contributed by atoms with Crippen molar-refractivity contribution in [3.8, 4) is 28.5 Å². The van der Waals surface area contributed by atoms with Crippen molar-refractivity contribution in [3.63, 3.8) is 0 Å². The molecule has 0 bridgehead atoms. The Kier molecular flexibility index (Phi) is 8.91. The lowest BCUT2D eigenvalue weighted by molar-refractivity contribution is -0.140. The van der Waals surface area contributed by atoms with E-state index in [0.717, 1.165) is 27.9 Å². The van der Waals surface area contributed by atoms with E-state index in [1.165, 1.54) is 11.8 Å². The Morgan fingerprint density at radius 1 is 0.974 bits per heavy atom. The zero-order valence-corrected chi connectivity index (χ0v) is 22.0. The van der Waals surface area contributed by atoms with E-state index < -0.39 is 5.97 Å². The van der Waals surface area contributed by atoms with Crippen molar-refractivity contribution in [2.75, 3.05) is 24.2 Å². The maximum Gasteiger partial charge on any atom is 0.325 e. The van der Waals surface area contributed by atoms with E-state index in [0.29, 0.717) is 28.4 Å². The van der Waals surface area contributed by atoms with Crippen molar-refractivity contribution >= 4 is 29.2 Å². The summed E-state index contributed by atoms with van der Waals surface area (Å²) < 4.78 is 4.97. The summed E-state index contributed by atoms with van der Waals surface area (Å²) in [6, 6.07) is 29.0. The van der Waals surface area contributed by atoms with E-state index in [1.54, 1.807) is 31.2 Å². The Labute approximate surface area is 226 Å². The average molecular weight is 522 g/mol. The van der Waals surface area contributed by atoms with Gasteiger partial charge >= 0.3 is 5.97 Å². The first-order chi connectivity index (χ1) is 18.5. The number of aromatic nitrogens is 1. The second-order valence-electron chi connectivity index (χ2n) is 8.50. The Hall–Kier alpha value is -4.41. The highest BCUT2D eigenvalue weighted by Crippen LogP contribution is 2.34. The molecular formula is C31H27N3O3S. The summed E-state index contributed by atoms with van der Waals surface area (Å²) in [7, 11) is 0. The molecule has 4 rings (SSSR count). The molecule has 3 aromatic carbocycles. The second-order valence-corrected chi connectivity index (χ2v) is 9.46. The number of esters is 1. The maximum absolute atomic E-state index is 13.3. The van der Waals surface area contributed by atoms with Crippen LogP contribution >= 0.6 is 11.8 Å². The third-order valence-electron chi connectivity index (χ3n) is 5.83. The van der Waals surface area contributed by atoms with Crippen LogP contribution in [0.1, 0.15) is 28.4 Å². The number of thioether (sulfide) groups is 1. The number of carbonyl (C=O) groups excluding carboxylic acids is 2. The number of nitrogens with one attached hydrogen (secondary N) is 1. The number of aryl methyl sites for hydroxylation is 1. The first kappa shape index (κ1) is 26.6. The van der Waals surface area contributed by atoms with Crippen LogP contribution in [0.2, 0.25) is 0 Å². The fourth-order valence-electron chi connectivity index (χ4n) is 3.92. The summed E-state index contributed by atoms with van der Waals surface area (Å²) in [4.78, 5) is 29.9. The monoisotopic (exact) mass is 521 g/mol. The lowest BCUT2D eigenvalue weighted by Crippen LogP contribution is -2.18. The number of para-hydroxylation sites is 1. The summed E-state index contributed by atoms with van der Waals surface area (Å²) in [5.74, 6) is -0.464. The maximum atomic E-state index is 13.3. The number of nitriles is 1. The van der Waals surface area contributed by atoms with Gasteiger partial charge in [-0.05, 0) is 37.6 Å². The largest absolute Gasteiger partial charge is 0.465 e. The van der Waals surface area contributed by atoms with E-state index in [2.05, 4.69) is 11.4 Å². The van der Waals surface area contributed by atoms with Crippen LogP contribution in [0.4, 0.5) is 5.69 Å². The minimum atomic E-state index is -0.395. The molecule has 0 aliphatic heterocycles. The summed E-state index contributed by atoms with van der Waals surface area (Å²) in [6.07, 6.45) is 0. The molecule has 0 saturated heterocycles. The molecule has 0 aliphatic rings. The number of benzene rings is 3. The van der Waals surface area contributed by atoms with Gasteiger partial charge in [-0.1, -0.05) is 84.1 Å². The van der Waals surface area contributed by atoms with Gasteiger partial charge in [-0.2, -0.15) is 5.26 Å². The summed E-state index contributed by atoms with van der Waals surface area (Å²) in [5.41, 5.74) is 5.92. The van der Waals surface area contributed by atoms with Crippen molar-refractivity contribution in [2.24, 2.45) is 0 Å². The Morgan fingerprint density at radius 3 is 2.39 bits per heavy atom. The fraction of sp³-hybridized carbons (Fsp3) is 0.161. The first-order valence-electron chi connectivity index (χ1n) is 12.2. The molecule has 1 heterocycles. The van der Waals surface area contributed by atoms with Crippen LogP contribution in [0.5, 0.6) is 0 Å². The molecule has 190 valence electrons. The van der Waals surface area contributed by atoms with Crippen LogP contribution in [-0.4, -0.2) is 35.6 Å². The highest BCUT2D eigenvalue weighted by molar-refractivity contribution is 8.00. The van der Waals surface area contributed by atoms with Crippen molar-refractivity contribution in [3.05, 3.63) is 102 Å². The normalized spacial score (nSPS) is 10.4. The standard InChI is InChI=1S/C31H27N3O3S/c1-3-37-30(36)19-33-27-12-8-7-11-24(27)29(35)20-38-31-26(18-32)25(22-9-5-4-6-10-22)17-28(34-31)23-15-13-21(2)14-16-23/h4-17,33H,3,19-20H2,1-2H3. The smallest absolute Gasteiger partial charge is 0.325 e. The van der Waals surface area contributed by atoms with Gasteiger partial charge in [-0.15, -0.1) is 0 Å². The third kappa shape index (κ3) is 6.47. The number of rotatable bonds is 10. The van der Waals surface area contributed by atoms with Crippen LogP contribution in [0, 0.1) is 18.3 Å². The summed E-state index contributed by atoms with van der Waals surface area (Å²) in [5, 5.41) is 13.6. The number of ether oxygens (including phenoxy) is 1. The molecule has 7 heteroatoms. The molecule has 4 aromatic rings. The minimum absolute atomic E-state index is 0.0373. The quantitative estimate of drug-likeness (QED) is 0.144. The van der Waals surface area contributed by atoms with Crippen LogP contribution in [0.25, 0.3) is 22.4 Å². The van der Waals surface area contributed by atoms with Gasteiger partial charge in [-0.25, -0.2) is 4.98 Å². The van der Waals surface area contributed by atoms with Gasteiger partial charge in [0.15, 0.2) is 5.78 Å². The molecule has 1 aromatic heterocycles. The van der Waals surface area contributed by atoms with Crippen molar-refractivity contribution in [1.29, 1.82) is 5.26 Å². The lowest BCUT2D eigenvalue weighted by Gasteiger charge is -2.13. The molecule has 6 nitrogen and oxygen atoms in total. The van der Waals surface area contributed by atoms with Crippen LogP contribution in [-0.2, 0) is 9.53 Å². The Bertz CT molecular complexity index is 1480. The molecule has 38 heavy (non-hydrogen) atoms. The molecule has 0 spiro atoms. The van der Waals surface area contributed by atoms with E-state index in [9.17, 15) is 14.9 Å². The number of ketones is 1. The van der Waals surface area contributed by atoms with E-state index >= 15 is 0 Å². The number of pyridine rings is 1. The van der Waals surface area contributed by atoms with Crippen molar-refractivity contribution in [2.45, 2.75) is 18.9 Å². The SMILES string of the molecule is CCOC(=O)CNc1ccccc1C(=O)CSc1nc(-c2ccc(C)cc2)cc(-c2ccccc2)c1C#N. The summed E-state index contributed by atoms with van der Waals surface area (Å²) in [6.45, 7) is 4.02. The third-order valence-corrected chi connectivity index (χ3v) is 6.80. The van der Waals surface area contributed by atoms with Crippen LogP contribution < -0.4 is 5.32 Å². The van der Waals surface area contributed by atoms with Gasteiger partial charge in [0.2, 0.25) is 0 Å². The second kappa shape index (κ2) is 12.7. The predicted molar refractivity (Wildman–Crippen MR) is 151 cm³/mol. The molecule has 0 aliphatic carbocycles. The van der Waals surface area contributed by atoms with Gasteiger partial charge < -0.3 is 10.1 Å². The predicted octanol–water partition coefficient (Wildman–Crippen LogP) is 6.55. The highest BCUT2D eigenvalue weighted by Gasteiger charge is 2.19. The number of nitrogens with zero attached hydrogens (tertiary/aromatic N) is 2. The van der Waals surface area contributed by atoms with Gasteiger partial charge in [0, 0.05) is 22.4 Å². The number of hydrogen-bond donors (Lipinski definition) is 1. The number of hydrogen-bond acceptors (Lipinski definition) is 7. The molecular weight excluding hydrogens is 494 g/mol. The van der Waals surface area contributed by atoms with Crippen LogP contribution in [0.15, 0.2) is 90.0 Å². The molecule has 0 atom stereocenters. The van der Waals surface area contributed by atoms with Gasteiger partial charge in [-0.3, -0.25) is 9.59 Å². The topological polar surface area (TPSA) is 92.1 Å². The minimum Gasteiger partial charge on any atom is -0.465 e. The van der Waals surface area contributed by atoms with Gasteiger partial charge in [0.25, 0.3) is 0 Å². The molecule has 0 saturated carbocycles. The Balaban J connectivity index is 1.65. The summed E-state index contributed by atoms with van der Waals surface area (Å²) >= 11 is 1.23. The van der Waals surface area contributed by atoms with Crippen LogP contribution in [0.3, 0.4) is 0 Å². The average Bonchev–Trinajstić information content (AvgIpc) is 2.95. The Morgan fingerprint density at radius 2 is 1.68 bits per heavy atom. The number of carbonyl (C=O) groups is 2. The first-order valence-corrected chi connectivity index (χ1v) is 13.2. The molecule has 1 N–H and O–H groups in total. The van der Waals surface area contributed by atoms with Gasteiger partial charge in [0.1, 0.15) is 17.6 Å².